The molecule has 3 rings (SSSR count). The fourth-order valence-corrected chi connectivity index (χ4v) is 2.23. The summed E-state index contributed by atoms with van der Waals surface area (Å²) in [5.41, 5.74) is 3.53. The van der Waals surface area contributed by atoms with E-state index in [4.69, 9.17) is 0 Å². The Bertz CT molecular complexity index is 772. The molecule has 3 aromatic rings. The molecular weight excluding hydrogens is 262 g/mol. The number of hydrogen-bond acceptors (Lipinski definition) is 2. The Balaban J connectivity index is 1.78. The van der Waals surface area contributed by atoms with Crippen molar-refractivity contribution in [2.45, 2.75) is 19.8 Å². The molecule has 0 aliphatic heterocycles. The second kappa shape index (κ2) is 5.40. The molecule has 0 atom stereocenters. The van der Waals surface area contributed by atoms with Crippen LogP contribution in [0.25, 0.3) is 10.9 Å². The minimum Gasteiger partial charge on any atom is -0.322 e. The van der Waals surface area contributed by atoms with Crippen molar-refractivity contribution in [1.82, 2.24) is 10.2 Å². The van der Waals surface area contributed by atoms with Gasteiger partial charge in [0.15, 0.2) is 0 Å². The van der Waals surface area contributed by atoms with Crippen molar-refractivity contribution in [3.05, 3.63) is 59.8 Å². The van der Waals surface area contributed by atoms with E-state index in [9.17, 15) is 4.79 Å². The third-order valence-corrected chi connectivity index (χ3v) is 3.54. The summed E-state index contributed by atoms with van der Waals surface area (Å²) in [4.78, 5) is 12.3. The monoisotopic (exact) mass is 279 g/mol. The molecule has 0 unspecified atom stereocenters. The van der Waals surface area contributed by atoms with E-state index < -0.39 is 0 Å². The van der Waals surface area contributed by atoms with E-state index in [0.717, 1.165) is 16.6 Å². The van der Waals surface area contributed by atoms with Crippen LogP contribution in [0.3, 0.4) is 0 Å². The second-order valence-corrected chi connectivity index (χ2v) is 5.40. The van der Waals surface area contributed by atoms with Crippen LogP contribution in [0, 0.1) is 0 Å². The number of carbonyl (C=O) groups excluding carboxylic acids is 1. The van der Waals surface area contributed by atoms with Crippen LogP contribution in [0.1, 0.15) is 35.7 Å². The van der Waals surface area contributed by atoms with Crippen LogP contribution in [0.2, 0.25) is 0 Å². The summed E-state index contributed by atoms with van der Waals surface area (Å²) in [7, 11) is 0. The highest BCUT2D eigenvalue weighted by atomic mass is 16.1. The predicted molar refractivity (Wildman–Crippen MR) is 84.6 cm³/mol. The fraction of sp³-hybridized carbons (Fsp3) is 0.176. The maximum atomic E-state index is 12.3. The number of nitrogens with one attached hydrogen (secondary N) is 2. The van der Waals surface area contributed by atoms with Crippen LogP contribution in [0.4, 0.5) is 5.69 Å². The van der Waals surface area contributed by atoms with Gasteiger partial charge in [-0.15, -0.1) is 0 Å². The lowest BCUT2D eigenvalue weighted by atomic mass is 10.0. The molecule has 0 aliphatic carbocycles. The van der Waals surface area contributed by atoms with Gasteiger partial charge in [-0.05, 0) is 35.7 Å². The lowest BCUT2D eigenvalue weighted by Crippen LogP contribution is -2.11. The number of hydrogen-bond donors (Lipinski definition) is 2. The van der Waals surface area contributed by atoms with E-state index >= 15 is 0 Å². The van der Waals surface area contributed by atoms with Crippen LogP contribution in [0.5, 0.6) is 0 Å². The van der Waals surface area contributed by atoms with Crippen molar-refractivity contribution in [2.24, 2.45) is 0 Å². The first kappa shape index (κ1) is 13.4. The summed E-state index contributed by atoms with van der Waals surface area (Å²) in [5.74, 6) is 0.362. The summed E-state index contributed by atoms with van der Waals surface area (Å²) in [6.07, 6.45) is 1.74. The minimum atomic E-state index is -0.121. The Hall–Kier alpha value is -2.62. The topological polar surface area (TPSA) is 57.8 Å². The molecule has 2 aromatic carbocycles. The van der Waals surface area contributed by atoms with Gasteiger partial charge in [0.2, 0.25) is 0 Å². The average molecular weight is 279 g/mol. The van der Waals surface area contributed by atoms with Gasteiger partial charge in [-0.25, -0.2) is 0 Å². The van der Waals surface area contributed by atoms with Gasteiger partial charge in [-0.2, -0.15) is 5.10 Å². The molecule has 0 bridgehead atoms. The summed E-state index contributed by atoms with van der Waals surface area (Å²) < 4.78 is 0. The Labute approximate surface area is 123 Å². The lowest BCUT2D eigenvalue weighted by Gasteiger charge is -2.08. The first-order valence-electron chi connectivity index (χ1n) is 6.98. The van der Waals surface area contributed by atoms with Crippen molar-refractivity contribution in [3.8, 4) is 0 Å². The molecule has 2 N–H and O–H groups in total. The highest BCUT2D eigenvalue weighted by Gasteiger charge is 2.08. The Morgan fingerprint density at radius 2 is 1.90 bits per heavy atom. The highest BCUT2D eigenvalue weighted by Crippen LogP contribution is 2.18. The first-order valence-corrected chi connectivity index (χ1v) is 6.98. The number of benzene rings is 2. The number of H-pyrrole nitrogens is 1. The van der Waals surface area contributed by atoms with Gasteiger partial charge in [0, 0.05) is 16.6 Å². The van der Waals surface area contributed by atoms with Gasteiger partial charge < -0.3 is 5.32 Å². The maximum Gasteiger partial charge on any atom is 0.255 e. The van der Waals surface area contributed by atoms with E-state index in [1.54, 1.807) is 18.3 Å². The highest BCUT2D eigenvalue weighted by molar-refractivity contribution is 6.06. The maximum absolute atomic E-state index is 12.3. The molecule has 4 heteroatoms. The number of aromatic nitrogens is 2. The molecule has 0 spiro atoms. The molecule has 0 fully saturated rings. The molecule has 0 aliphatic rings. The van der Waals surface area contributed by atoms with Gasteiger partial charge in [-0.1, -0.05) is 32.0 Å². The van der Waals surface area contributed by atoms with Crippen LogP contribution < -0.4 is 5.32 Å². The molecule has 1 heterocycles. The average Bonchev–Trinajstić information content (AvgIpc) is 2.95. The smallest absolute Gasteiger partial charge is 0.255 e. The Kier molecular flexibility index (Phi) is 3.44. The van der Waals surface area contributed by atoms with Crippen LogP contribution in [0.15, 0.2) is 48.7 Å². The van der Waals surface area contributed by atoms with Crippen LogP contribution in [-0.4, -0.2) is 16.1 Å². The summed E-state index contributed by atoms with van der Waals surface area (Å²) >= 11 is 0. The number of anilines is 1. The number of amides is 1. The van der Waals surface area contributed by atoms with Crippen molar-refractivity contribution < 1.29 is 4.79 Å². The second-order valence-electron chi connectivity index (χ2n) is 5.40. The predicted octanol–water partition coefficient (Wildman–Crippen LogP) is 3.94. The SMILES string of the molecule is CC(C)c1ccc(NC(=O)c2ccc3cn[nH]c3c2)cc1. The van der Waals surface area contributed by atoms with Crippen LogP contribution in [-0.2, 0) is 0 Å². The Morgan fingerprint density at radius 3 is 2.62 bits per heavy atom. The molecular formula is C17H17N3O. The third kappa shape index (κ3) is 2.79. The number of fused-ring (bicyclic) bond motifs is 1. The number of carbonyl (C=O) groups is 1. The van der Waals surface area contributed by atoms with Gasteiger partial charge in [0.25, 0.3) is 5.91 Å². The van der Waals surface area contributed by atoms with E-state index in [2.05, 4.69) is 29.4 Å². The third-order valence-electron chi connectivity index (χ3n) is 3.54. The minimum absolute atomic E-state index is 0.121. The van der Waals surface area contributed by atoms with Crippen molar-refractivity contribution in [2.75, 3.05) is 5.32 Å². The fourth-order valence-electron chi connectivity index (χ4n) is 2.23. The van der Waals surface area contributed by atoms with E-state index in [-0.39, 0.29) is 5.91 Å². The molecule has 0 saturated heterocycles. The molecule has 0 radical (unpaired) electrons. The molecule has 0 saturated carbocycles. The first-order chi connectivity index (χ1) is 10.1. The van der Waals surface area contributed by atoms with Gasteiger partial charge in [-0.3, -0.25) is 9.89 Å². The summed E-state index contributed by atoms with van der Waals surface area (Å²) in [6.45, 7) is 4.29. The molecule has 4 nitrogen and oxygen atoms in total. The largest absolute Gasteiger partial charge is 0.322 e. The van der Waals surface area contributed by atoms with Crippen molar-refractivity contribution >= 4 is 22.5 Å². The van der Waals surface area contributed by atoms with Gasteiger partial charge >= 0.3 is 0 Å². The standard InChI is InChI=1S/C17H17N3O/c1-11(2)12-5-7-15(8-6-12)19-17(21)13-3-4-14-10-18-20-16(14)9-13/h3-11H,1-2H3,(H,18,20)(H,19,21). The van der Waals surface area contributed by atoms with E-state index in [1.165, 1.54) is 5.56 Å². The molecule has 1 aromatic heterocycles. The zero-order chi connectivity index (χ0) is 14.8. The zero-order valence-corrected chi connectivity index (χ0v) is 12.1. The zero-order valence-electron chi connectivity index (χ0n) is 12.1. The van der Waals surface area contributed by atoms with Crippen molar-refractivity contribution in [1.29, 1.82) is 0 Å². The van der Waals surface area contributed by atoms with Gasteiger partial charge in [0.1, 0.15) is 0 Å². The number of rotatable bonds is 3. The van der Waals surface area contributed by atoms with E-state index in [1.807, 2.05) is 30.3 Å². The molecule has 21 heavy (non-hydrogen) atoms. The molecule has 1 amide bonds. The quantitative estimate of drug-likeness (QED) is 0.763. The Morgan fingerprint density at radius 1 is 1.14 bits per heavy atom. The van der Waals surface area contributed by atoms with Crippen LogP contribution >= 0.6 is 0 Å². The summed E-state index contributed by atoms with van der Waals surface area (Å²) in [5, 5.41) is 10.7. The number of nitrogens with zero attached hydrogens (tertiary/aromatic N) is 1. The van der Waals surface area contributed by atoms with Crippen molar-refractivity contribution in [3.63, 3.8) is 0 Å². The van der Waals surface area contributed by atoms with E-state index in [0.29, 0.717) is 11.5 Å². The normalized spacial score (nSPS) is 11.0. The summed E-state index contributed by atoms with van der Waals surface area (Å²) in [6, 6.07) is 13.4. The molecule has 106 valence electrons. The number of aromatic amines is 1. The lowest BCUT2D eigenvalue weighted by molar-refractivity contribution is 0.102. The van der Waals surface area contributed by atoms with Gasteiger partial charge in [0.05, 0.1) is 11.7 Å².